The Balaban J connectivity index is 2.00. The third-order valence-electron chi connectivity index (χ3n) is 3.28. The molecule has 1 amide bonds. The molecule has 0 radical (unpaired) electrons. The number of hydrogen-bond acceptors (Lipinski definition) is 2. The van der Waals surface area contributed by atoms with Crippen molar-refractivity contribution in [3.8, 4) is 0 Å². The van der Waals surface area contributed by atoms with Crippen LogP contribution in [-0.4, -0.2) is 11.7 Å². The number of nitrogens with zero attached hydrogens (tertiary/aromatic N) is 1. The molecule has 0 N–H and O–H groups in total. The van der Waals surface area contributed by atoms with Crippen LogP contribution in [0.3, 0.4) is 0 Å². The van der Waals surface area contributed by atoms with Crippen molar-refractivity contribution < 1.29 is 14.0 Å². The predicted molar refractivity (Wildman–Crippen MR) is 81.1 cm³/mol. The minimum Gasteiger partial charge on any atom is -0.300 e. The van der Waals surface area contributed by atoms with Crippen LogP contribution in [0.1, 0.15) is 15.9 Å². The molecule has 106 valence electrons. The number of Topliss-reactive ketones (excluding diaryl/α,β-unsaturated/α-hetero) is 1. The van der Waals surface area contributed by atoms with Gasteiger partial charge in [0.15, 0.2) is 0 Å². The van der Waals surface area contributed by atoms with Gasteiger partial charge in [-0.25, -0.2) is 4.39 Å². The van der Waals surface area contributed by atoms with E-state index in [-0.39, 0.29) is 12.4 Å². The van der Waals surface area contributed by atoms with E-state index in [1.54, 1.807) is 18.2 Å². The molecule has 0 aromatic heterocycles. The monoisotopic (exact) mass is 367 g/mol. The summed E-state index contributed by atoms with van der Waals surface area (Å²) in [6.07, 6.45) is 0. The summed E-state index contributed by atoms with van der Waals surface area (Å²) in [4.78, 5) is 25.4. The maximum absolute atomic E-state index is 13.1. The molecule has 0 bridgehead atoms. The van der Waals surface area contributed by atoms with Crippen LogP contribution in [0.4, 0.5) is 10.1 Å². The summed E-state index contributed by atoms with van der Waals surface area (Å²) in [5.74, 6) is -1.56. The molecule has 0 fully saturated rings. The number of ketones is 1. The van der Waals surface area contributed by atoms with E-state index in [0.29, 0.717) is 26.3 Å². The van der Waals surface area contributed by atoms with Gasteiger partial charge in [0.1, 0.15) is 5.82 Å². The molecule has 0 saturated carbocycles. The summed E-state index contributed by atoms with van der Waals surface area (Å²) < 4.78 is 13.7. The number of fused-ring (bicyclic) bond motifs is 1. The molecular weight excluding hydrogens is 361 g/mol. The lowest BCUT2D eigenvalue weighted by atomic mass is 10.1. The summed E-state index contributed by atoms with van der Waals surface area (Å²) in [6.45, 7) is 0.181. The van der Waals surface area contributed by atoms with Crippen LogP contribution in [0.5, 0.6) is 0 Å². The average molecular weight is 369 g/mol. The van der Waals surface area contributed by atoms with Crippen LogP contribution in [0.25, 0.3) is 0 Å². The van der Waals surface area contributed by atoms with Gasteiger partial charge in [0.25, 0.3) is 11.7 Å². The zero-order valence-corrected chi connectivity index (χ0v) is 12.9. The normalized spacial score (nSPS) is 13.8. The maximum Gasteiger partial charge on any atom is 0.299 e. The SMILES string of the molecule is O=C1C(=O)N(Cc2ccc(F)cc2Br)c2ccc(Cl)cc21. The van der Waals surface area contributed by atoms with Gasteiger partial charge in [-0.3, -0.25) is 9.59 Å². The van der Waals surface area contributed by atoms with Gasteiger partial charge < -0.3 is 4.90 Å². The number of hydrogen-bond donors (Lipinski definition) is 0. The van der Waals surface area contributed by atoms with Crippen LogP contribution >= 0.6 is 27.5 Å². The largest absolute Gasteiger partial charge is 0.300 e. The lowest BCUT2D eigenvalue weighted by molar-refractivity contribution is -0.114. The van der Waals surface area contributed by atoms with Crippen molar-refractivity contribution in [3.05, 3.63) is 62.8 Å². The van der Waals surface area contributed by atoms with Gasteiger partial charge in [-0.05, 0) is 35.9 Å². The lowest BCUT2D eigenvalue weighted by Gasteiger charge is -2.17. The van der Waals surface area contributed by atoms with E-state index >= 15 is 0 Å². The number of amides is 1. The molecule has 0 unspecified atom stereocenters. The zero-order chi connectivity index (χ0) is 15.1. The van der Waals surface area contributed by atoms with Crippen LogP contribution in [-0.2, 0) is 11.3 Å². The number of carbonyl (C=O) groups excluding carboxylic acids is 2. The van der Waals surface area contributed by atoms with Gasteiger partial charge in [-0.15, -0.1) is 0 Å². The highest BCUT2D eigenvalue weighted by Crippen LogP contribution is 2.33. The first-order valence-electron chi connectivity index (χ1n) is 6.07. The molecule has 0 saturated heterocycles. The van der Waals surface area contributed by atoms with Crippen LogP contribution < -0.4 is 4.90 Å². The maximum atomic E-state index is 13.1. The molecule has 6 heteroatoms. The van der Waals surface area contributed by atoms with Gasteiger partial charge in [-0.1, -0.05) is 33.6 Å². The first-order valence-corrected chi connectivity index (χ1v) is 7.24. The Bertz CT molecular complexity index is 778. The van der Waals surface area contributed by atoms with Crippen LogP contribution in [0, 0.1) is 5.82 Å². The van der Waals surface area contributed by atoms with Gasteiger partial charge in [0.2, 0.25) is 0 Å². The molecule has 0 aliphatic carbocycles. The van der Waals surface area contributed by atoms with Crippen molar-refractivity contribution in [1.29, 1.82) is 0 Å². The minimum absolute atomic E-state index is 0.181. The van der Waals surface area contributed by atoms with Gasteiger partial charge in [0.05, 0.1) is 17.8 Å². The fraction of sp³-hybridized carbons (Fsp3) is 0.0667. The Hall–Kier alpha value is -1.72. The number of rotatable bonds is 2. The molecule has 3 nitrogen and oxygen atoms in total. The minimum atomic E-state index is -0.608. The first-order chi connectivity index (χ1) is 9.97. The van der Waals surface area contributed by atoms with E-state index in [4.69, 9.17) is 11.6 Å². The van der Waals surface area contributed by atoms with Crippen molar-refractivity contribution in [3.63, 3.8) is 0 Å². The molecule has 3 rings (SSSR count). The average Bonchev–Trinajstić information content (AvgIpc) is 2.66. The van der Waals surface area contributed by atoms with E-state index in [2.05, 4.69) is 15.9 Å². The second-order valence-electron chi connectivity index (χ2n) is 4.62. The Morgan fingerprint density at radius 1 is 1.14 bits per heavy atom. The van der Waals surface area contributed by atoms with E-state index in [1.807, 2.05) is 0 Å². The molecule has 21 heavy (non-hydrogen) atoms. The Labute approximate surface area is 133 Å². The van der Waals surface area contributed by atoms with Gasteiger partial charge in [-0.2, -0.15) is 0 Å². The summed E-state index contributed by atoms with van der Waals surface area (Å²) in [5, 5.41) is 0.403. The second-order valence-corrected chi connectivity index (χ2v) is 5.91. The van der Waals surface area contributed by atoms with Crippen LogP contribution in [0.2, 0.25) is 5.02 Å². The summed E-state index contributed by atoms with van der Waals surface area (Å²) in [6, 6.07) is 8.95. The van der Waals surface area contributed by atoms with E-state index in [9.17, 15) is 14.0 Å². The van der Waals surface area contributed by atoms with Crippen molar-refractivity contribution >= 4 is 44.9 Å². The van der Waals surface area contributed by atoms with Gasteiger partial charge in [0, 0.05) is 9.50 Å². The van der Waals surface area contributed by atoms with E-state index in [1.165, 1.54) is 23.1 Å². The molecule has 1 aliphatic heterocycles. The fourth-order valence-electron chi connectivity index (χ4n) is 2.25. The summed E-state index contributed by atoms with van der Waals surface area (Å²) in [7, 11) is 0. The molecule has 2 aromatic carbocycles. The Kier molecular flexibility index (Phi) is 3.55. The molecule has 1 aliphatic rings. The quantitative estimate of drug-likeness (QED) is 0.752. The number of anilines is 1. The van der Waals surface area contributed by atoms with Crippen molar-refractivity contribution in [1.82, 2.24) is 0 Å². The van der Waals surface area contributed by atoms with Crippen molar-refractivity contribution in [2.24, 2.45) is 0 Å². The van der Waals surface area contributed by atoms with Gasteiger partial charge >= 0.3 is 0 Å². The highest BCUT2D eigenvalue weighted by Gasteiger charge is 2.36. The van der Waals surface area contributed by atoms with Crippen molar-refractivity contribution in [2.45, 2.75) is 6.54 Å². The first kappa shape index (κ1) is 14.2. The Morgan fingerprint density at radius 2 is 1.90 bits per heavy atom. The zero-order valence-electron chi connectivity index (χ0n) is 10.6. The third-order valence-corrected chi connectivity index (χ3v) is 4.25. The fourth-order valence-corrected chi connectivity index (χ4v) is 2.90. The van der Waals surface area contributed by atoms with Crippen LogP contribution in [0.15, 0.2) is 40.9 Å². The smallest absolute Gasteiger partial charge is 0.299 e. The molecular formula is C15H8BrClFNO2. The topological polar surface area (TPSA) is 37.4 Å². The highest BCUT2D eigenvalue weighted by atomic mass is 79.9. The van der Waals surface area contributed by atoms with E-state index < -0.39 is 11.7 Å². The Morgan fingerprint density at radius 3 is 2.62 bits per heavy atom. The molecule has 2 aromatic rings. The predicted octanol–water partition coefficient (Wildman–Crippen LogP) is 3.97. The number of carbonyl (C=O) groups is 2. The highest BCUT2D eigenvalue weighted by molar-refractivity contribution is 9.10. The third kappa shape index (κ3) is 2.47. The number of halogens is 3. The molecule has 1 heterocycles. The summed E-state index contributed by atoms with van der Waals surface area (Å²) in [5.41, 5.74) is 1.52. The standard InChI is InChI=1S/C15H8BrClFNO2/c16-12-6-10(18)3-1-8(12)7-19-13-4-2-9(17)5-11(13)14(20)15(19)21/h1-6H,7H2. The molecule has 0 atom stereocenters. The number of benzene rings is 2. The molecule has 0 spiro atoms. The second kappa shape index (κ2) is 5.24. The lowest BCUT2D eigenvalue weighted by Crippen LogP contribution is -2.29. The summed E-state index contributed by atoms with van der Waals surface area (Å²) >= 11 is 9.11. The van der Waals surface area contributed by atoms with E-state index in [0.717, 1.165) is 0 Å². The van der Waals surface area contributed by atoms with Crippen molar-refractivity contribution in [2.75, 3.05) is 4.90 Å².